The zero-order valence-corrected chi connectivity index (χ0v) is 10.4. The molecule has 1 aromatic carbocycles. The van der Waals surface area contributed by atoms with Crippen molar-refractivity contribution in [3.05, 3.63) is 29.3 Å². The molecule has 17 heavy (non-hydrogen) atoms. The van der Waals surface area contributed by atoms with Gasteiger partial charge in [-0.15, -0.1) is 0 Å². The first kappa shape index (κ1) is 13.5. The molecule has 4 nitrogen and oxygen atoms in total. The summed E-state index contributed by atoms with van der Waals surface area (Å²) < 4.78 is 10.5. The van der Waals surface area contributed by atoms with E-state index in [-0.39, 0.29) is 12.7 Å². The lowest BCUT2D eigenvalue weighted by atomic mass is 10.0. The normalized spacial score (nSPS) is 12.2. The summed E-state index contributed by atoms with van der Waals surface area (Å²) in [5.74, 6) is -0.109. The van der Waals surface area contributed by atoms with Crippen LogP contribution in [0.15, 0.2) is 18.2 Å². The second kappa shape index (κ2) is 6.25. The third kappa shape index (κ3) is 3.75. The fourth-order valence-electron chi connectivity index (χ4n) is 1.62. The highest BCUT2D eigenvalue weighted by molar-refractivity contribution is 5.68. The molecular weight excluding hydrogens is 220 g/mol. The first-order valence-electron chi connectivity index (χ1n) is 5.58. The molecule has 0 radical (unpaired) electrons. The van der Waals surface area contributed by atoms with Gasteiger partial charge in [0.2, 0.25) is 0 Å². The minimum atomic E-state index is -0.957. The Morgan fingerprint density at radius 2 is 2.18 bits per heavy atom. The Balaban J connectivity index is 2.80. The van der Waals surface area contributed by atoms with Gasteiger partial charge in [0.15, 0.2) is 0 Å². The summed E-state index contributed by atoms with van der Waals surface area (Å²) >= 11 is 0. The van der Waals surface area contributed by atoms with E-state index in [1.807, 2.05) is 32.0 Å². The molecule has 1 N–H and O–H groups in total. The van der Waals surface area contributed by atoms with E-state index in [0.29, 0.717) is 0 Å². The summed E-state index contributed by atoms with van der Waals surface area (Å²) in [4.78, 5) is 10.4. The molecule has 0 saturated carbocycles. The molecule has 0 aliphatic heterocycles. The summed E-state index contributed by atoms with van der Waals surface area (Å²) in [6.45, 7) is 3.60. The van der Waals surface area contributed by atoms with Crippen LogP contribution in [0.2, 0.25) is 0 Å². The maximum atomic E-state index is 10.4. The third-order valence-electron chi connectivity index (χ3n) is 2.61. The fraction of sp³-hybridized carbons (Fsp3) is 0.462. The van der Waals surface area contributed by atoms with Crippen LogP contribution in [-0.2, 0) is 16.0 Å². The molecule has 0 spiro atoms. The van der Waals surface area contributed by atoms with E-state index in [4.69, 9.17) is 14.6 Å². The van der Waals surface area contributed by atoms with Crippen LogP contribution in [0, 0.1) is 0 Å². The number of benzene rings is 1. The van der Waals surface area contributed by atoms with E-state index in [0.717, 1.165) is 23.3 Å². The van der Waals surface area contributed by atoms with Crippen LogP contribution in [0.5, 0.6) is 5.75 Å². The summed E-state index contributed by atoms with van der Waals surface area (Å²) in [5.41, 5.74) is 2.06. The summed E-state index contributed by atoms with van der Waals surface area (Å²) in [5, 5.41) is 8.55. The Morgan fingerprint density at radius 1 is 1.47 bits per heavy atom. The highest BCUT2D eigenvalue weighted by Crippen LogP contribution is 2.25. The van der Waals surface area contributed by atoms with E-state index in [2.05, 4.69) is 0 Å². The van der Waals surface area contributed by atoms with Crippen molar-refractivity contribution in [2.24, 2.45) is 0 Å². The number of rotatable bonds is 6. The first-order chi connectivity index (χ1) is 8.08. The number of carbonyl (C=O) groups is 1. The Hall–Kier alpha value is -1.55. The number of methoxy groups -OCH3 is 1. The molecule has 0 aromatic heterocycles. The average molecular weight is 238 g/mol. The highest BCUT2D eigenvalue weighted by atomic mass is 16.5. The zero-order chi connectivity index (χ0) is 12.8. The van der Waals surface area contributed by atoms with Crippen molar-refractivity contribution < 1.29 is 19.4 Å². The van der Waals surface area contributed by atoms with Gasteiger partial charge in [-0.2, -0.15) is 0 Å². The van der Waals surface area contributed by atoms with Crippen molar-refractivity contribution in [2.45, 2.75) is 26.4 Å². The molecule has 0 fully saturated rings. The van der Waals surface area contributed by atoms with Gasteiger partial charge in [0.25, 0.3) is 0 Å². The van der Waals surface area contributed by atoms with Gasteiger partial charge >= 0.3 is 5.97 Å². The molecule has 1 aromatic rings. The van der Waals surface area contributed by atoms with Gasteiger partial charge < -0.3 is 14.6 Å². The minimum absolute atomic E-state index is 0.234. The van der Waals surface area contributed by atoms with Crippen LogP contribution in [-0.4, -0.2) is 24.8 Å². The molecule has 1 atom stereocenters. The van der Waals surface area contributed by atoms with Crippen LogP contribution in [0.3, 0.4) is 0 Å². The summed E-state index contributed by atoms with van der Waals surface area (Å²) in [7, 11) is 1.64. The van der Waals surface area contributed by atoms with E-state index in [1.165, 1.54) is 0 Å². The molecule has 0 aliphatic rings. The first-order valence-corrected chi connectivity index (χ1v) is 5.58. The van der Waals surface area contributed by atoms with Crippen LogP contribution in [0.1, 0.15) is 31.1 Å². The van der Waals surface area contributed by atoms with Gasteiger partial charge in [0.1, 0.15) is 12.4 Å². The molecule has 0 saturated heterocycles. The van der Waals surface area contributed by atoms with E-state index >= 15 is 0 Å². The molecule has 94 valence electrons. The van der Waals surface area contributed by atoms with Crippen molar-refractivity contribution in [1.29, 1.82) is 0 Å². The lowest BCUT2D eigenvalue weighted by Gasteiger charge is -2.14. The zero-order valence-electron chi connectivity index (χ0n) is 10.4. The maximum Gasteiger partial charge on any atom is 0.329 e. The number of carboxylic acid groups (broad SMARTS) is 1. The number of hydrogen-bond donors (Lipinski definition) is 1. The van der Waals surface area contributed by atoms with Gasteiger partial charge in [-0.3, -0.25) is 0 Å². The molecule has 4 heteroatoms. The van der Waals surface area contributed by atoms with Gasteiger partial charge in [0, 0.05) is 0 Å². The van der Waals surface area contributed by atoms with E-state index in [9.17, 15) is 4.79 Å². The number of ether oxygens (including phenoxy) is 2. The topological polar surface area (TPSA) is 55.8 Å². The average Bonchev–Trinajstić information content (AvgIpc) is 2.34. The molecule has 1 unspecified atom stereocenters. The Morgan fingerprint density at radius 3 is 2.71 bits per heavy atom. The third-order valence-corrected chi connectivity index (χ3v) is 2.61. The predicted molar refractivity (Wildman–Crippen MR) is 64.4 cm³/mol. The fourth-order valence-corrected chi connectivity index (χ4v) is 1.62. The smallest absolute Gasteiger partial charge is 0.329 e. The van der Waals surface area contributed by atoms with Crippen molar-refractivity contribution in [3.8, 4) is 5.75 Å². The number of carboxylic acids is 1. The SMILES string of the molecule is CCc1cc(C(C)OCC(=O)O)ccc1OC. The van der Waals surface area contributed by atoms with Crippen LogP contribution in [0.25, 0.3) is 0 Å². The minimum Gasteiger partial charge on any atom is -0.496 e. The lowest BCUT2D eigenvalue weighted by Crippen LogP contribution is -2.10. The molecule has 0 heterocycles. The quantitative estimate of drug-likeness (QED) is 0.827. The molecule has 0 bridgehead atoms. The second-order valence-corrected chi connectivity index (χ2v) is 3.77. The standard InChI is InChI=1S/C13H18O4/c1-4-10-7-11(5-6-12(10)16-3)9(2)17-8-13(14)15/h5-7,9H,4,8H2,1-3H3,(H,14,15). The predicted octanol–water partition coefficient (Wildman–Crippen LogP) is 2.42. The maximum absolute atomic E-state index is 10.4. The highest BCUT2D eigenvalue weighted by Gasteiger charge is 2.10. The van der Waals surface area contributed by atoms with Crippen molar-refractivity contribution >= 4 is 5.97 Å². The number of hydrogen-bond acceptors (Lipinski definition) is 3. The van der Waals surface area contributed by atoms with Gasteiger partial charge in [-0.05, 0) is 36.6 Å². The van der Waals surface area contributed by atoms with Crippen LogP contribution >= 0.6 is 0 Å². The summed E-state index contributed by atoms with van der Waals surface area (Å²) in [6, 6.07) is 5.77. The van der Waals surface area contributed by atoms with Gasteiger partial charge in [0.05, 0.1) is 13.2 Å². The van der Waals surface area contributed by atoms with Gasteiger partial charge in [-0.25, -0.2) is 4.79 Å². The second-order valence-electron chi connectivity index (χ2n) is 3.77. The lowest BCUT2D eigenvalue weighted by molar-refractivity contribution is -0.144. The Labute approximate surface area is 101 Å². The summed E-state index contributed by atoms with van der Waals surface area (Å²) in [6.07, 6.45) is 0.630. The monoisotopic (exact) mass is 238 g/mol. The molecule has 0 amide bonds. The Kier molecular flexibility index (Phi) is 4.97. The van der Waals surface area contributed by atoms with Crippen LogP contribution < -0.4 is 4.74 Å². The number of aliphatic carboxylic acids is 1. The van der Waals surface area contributed by atoms with Crippen molar-refractivity contribution in [3.63, 3.8) is 0 Å². The van der Waals surface area contributed by atoms with E-state index < -0.39 is 5.97 Å². The molecule has 0 aliphatic carbocycles. The van der Waals surface area contributed by atoms with Crippen molar-refractivity contribution in [2.75, 3.05) is 13.7 Å². The Bertz CT molecular complexity index is 387. The van der Waals surface area contributed by atoms with E-state index in [1.54, 1.807) is 7.11 Å². The molecular formula is C13H18O4. The molecule has 1 rings (SSSR count). The largest absolute Gasteiger partial charge is 0.496 e. The van der Waals surface area contributed by atoms with Crippen molar-refractivity contribution in [1.82, 2.24) is 0 Å². The number of aryl methyl sites for hydroxylation is 1. The van der Waals surface area contributed by atoms with Crippen LogP contribution in [0.4, 0.5) is 0 Å². The van der Waals surface area contributed by atoms with Gasteiger partial charge in [-0.1, -0.05) is 13.0 Å².